The first-order valence-corrected chi connectivity index (χ1v) is 4.64. The van der Waals surface area contributed by atoms with E-state index >= 15 is 0 Å². The molecule has 8 heteroatoms. The molecule has 0 aliphatic carbocycles. The number of rotatable bonds is 5. The Kier molecular flexibility index (Phi) is 4.27. The third kappa shape index (κ3) is 3.91. The fourth-order valence-electron chi connectivity index (χ4n) is 0.956. The molecule has 0 aliphatic rings. The van der Waals surface area contributed by atoms with Gasteiger partial charge in [0.15, 0.2) is 5.69 Å². The molecule has 3 N–H and O–H groups in total. The number of nitrogens with one attached hydrogen (secondary N) is 1. The van der Waals surface area contributed by atoms with E-state index in [1.165, 1.54) is 0 Å². The SMILES string of the molecule is C=CCCOc1cc(C(F)(F)F)nc(NN)n1. The Balaban J connectivity index is 2.93. The van der Waals surface area contributed by atoms with Crippen molar-refractivity contribution in [1.29, 1.82) is 0 Å². The lowest BCUT2D eigenvalue weighted by Gasteiger charge is -2.10. The van der Waals surface area contributed by atoms with Crippen LogP contribution in [0.1, 0.15) is 12.1 Å². The van der Waals surface area contributed by atoms with Gasteiger partial charge in [-0.3, -0.25) is 5.43 Å². The number of hydrogen-bond acceptors (Lipinski definition) is 5. The van der Waals surface area contributed by atoms with Crippen LogP contribution >= 0.6 is 0 Å². The van der Waals surface area contributed by atoms with Crippen LogP contribution in [0.15, 0.2) is 18.7 Å². The van der Waals surface area contributed by atoms with Gasteiger partial charge in [0.1, 0.15) is 0 Å². The minimum atomic E-state index is -4.58. The highest BCUT2D eigenvalue weighted by Crippen LogP contribution is 2.30. The summed E-state index contributed by atoms with van der Waals surface area (Å²) < 4.78 is 42.3. The lowest BCUT2D eigenvalue weighted by molar-refractivity contribution is -0.141. The molecule has 0 aromatic carbocycles. The Morgan fingerprint density at radius 1 is 1.47 bits per heavy atom. The largest absolute Gasteiger partial charge is 0.477 e. The zero-order valence-corrected chi connectivity index (χ0v) is 8.79. The molecule has 17 heavy (non-hydrogen) atoms. The number of hydrogen-bond donors (Lipinski definition) is 2. The summed E-state index contributed by atoms with van der Waals surface area (Å²) in [5.74, 6) is 4.43. The molecule has 1 aromatic heterocycles. The Morgan fingerprint density at radius 3 is 2.71 bits per heavy atom. The minimum Gasteiger partial charge on any atom is -0.477 e. The molecule has 0 aliphatic heterocycles. The van der Waals surface area contributed by atoms with Gasteiger partial charge in [0, 0.05) is 6.07 Å². The number of hydrazine groups is 1. The van der Waals surface area contributed by atoms with E-state index in [-0.39, 0.29) is 18.4 Å². The van der Waals surface area contributed by atoms with Gasteiger partial charge >= 0.3 is 6.18 Å². The number of anilines is 1. The van der Waals surface area contributed by atoms with Gasteiger partial charge in [-0.25, -0.2) is 10.8 Å². The van der Waals surface area contributed by atoms with Crippen LogP contribution in [0, 0.1) is 0 Å². The molecule has 1 heterocycles. The maximum Gasteiger partial charge on any atom is 0.433 e. The van der Waals surface area contributed by atoms with Crippen LogP contribution in [0.5, 0.6) is 5.88 Å². The van der Waals surface area contributed by atoms with Gasteiger partial charge in [0.2, 0.25) is 11.8 Å². The van der Waals surface area contributed by atoms with Crippen molar-refractivity contribution >= 4 is 5.95 Å². The lowest BCUT2D eigenvalue weighted by atomic mass is 10.4. The van der Waals surface area contributed by atoms with E-state index in [1.54, 1.807) is 6.08 Å². The molecule has 0 amide bonds. The number of nitrogens with two attached hydrogens (primary N) is 1. The Morgan fingerprint density at radius 2 is 2.18 bits per heavy atom. The normalized spacial score (nSPS) is 11.1. The second-order valence-corrected chi connectivity index (χ2v) is 2.98. The number of aromatic nitrogens is 2. The van der Waals surface area contributed by atoms with Crippen molar-refractivity contribution in [1.82, 2.24) is 9.97 Å². The van der Waals surface area contributed by atoms with Gasteiger partial charge in [-0.05, 0) is 6.42 Å². The second-order valence-electron chi connectivity index (χ2n) is 2.98. The number of alkyl halides is 3. The van der Waals surface area contributed by atoms with Crippen molar-refractivity contribution in [2.75, 3.05) is 12.0 Å². The fourth-order valence-corrected chi connectivity index (χ4v) is 0.956. The first-order chi connectivity index (χ1) is 7.97. The van der Waals surface area contributed by atoms with Crippen molar-refractivity contribution in [3.8, 4) is 5.88 Å². The maximum absolute atomic E-state index is 12.4. The summed E-state index contributed by atoms with van der Waals surface area (Å²) >= 11 is 0. The molecule has 0 saturated carbocycles. The Bertz CT molecular complexity index is 394. The molecule has 0 fully saturated rings. The molecule has 0 bridgehead atoms. The monoisotopic (exact) mass is 248 g/mol. The van der Waals surface area contributed by atoms with E-state index in [0.29, 0.717) is 12.5 Å². The van der Waals surface area contributed by atoms with Crippen LogP contribution in [0.2, 0.25) is 0 Å². The maximum atomic E-state index is 12.4. The van der Waals surface area contributed by atoms with Crippen LogP contribution in [-0.4, -0.2) is 16.6 Å². The minimum absolute atomic E-state index is 0.182. The van der Waals surface area contributed by atoms with E-state index in [2.05, 4.69) is 16.5 Å². The summed E-state index contributed by atoms with van der Waals surface area (Å²) in [4.78, 5) is 6.81. The van der Waals surface area contributed by atoms with Crippen LogP contribution in [-0.2, 0) is 6.18 Å². The number of ether oxygens (including phenoxy) is 1. The summed E-state index contributed by atoms with van der Waals surface area (Å²) in [7, 11) is 0. The van der Waals surface area contributed by atoms with Crippen LogP contribution in [0.25, 0.3) is 0 Å². The molecule has 5 nitrogen and oxygen atoms in total. The van der Waals surface area contributed by atoms with E-state index in [9.17, 15) is 13.2 Å². The zero-order chi connectivity index (χ0) is 12.9. The third-order valence-electron chi connectivity index (χ3n) is 1.69. The van der Waals surface area contributed by atoms with E-state index in [0.717, 1.165) is 0 Å². The van der Waals surface area contributed by atoms with Crippen molar-refractivity contribution in [3.63, 3.8) is 0 Å². The van der Waals surface area contributed by atoms with Gasteiger partial charge in [-0.15, -0.1) is 6.58 Å². The number of nitrogens with zero attached hydrogens (tertiary/aromatic N) is 2. The molecule has 1 aromatic rings. The Labute approximate surface area is 95.5 Å². The lowest BCUT2D eigenvalue weighted by Crippen LogP contribution is -2.16. The fraction of sp³-hybridized carbons (Fsp3) is 0.333. The predicted octanol–water partition coefficient (Wildman–Crippen LogP) is 1.74. The van der Waals surface area contributed by atoms with E-state index in [4.69, 9.17) is 10.6 Å². The molecule has 0 saturated heterocycles. The summed E-state index contributed by atoms with van der Waals surface area (Å²) in [5, 5.41) is 0. The van der Waals surface area contributed by atoms with Gasteiger partial charge in [-0.1, -0.05) is 6.08 Å². The van der Waals surface area contributed by atoms with Gasteiger partial charge < -0.3 is 4.74 Å². The predicted molar refractivity (Wildman–Crippen MR) is 55.2 cm³/mol. The summed E-state index contributed by atoms with van der Waals surface area (Å²) in [6.07, 6.45) is -2.50. The molecular weight excluding hydrogens is 237 g/mol. The first-order valence-electron chi connectivity index (χ1n) is 4.64. The van der Waals surface area contributed by atoms with Crippen molar-refractivity contribution in [2.45, 2.75) is 12.6 Å². The standard InChI is InChI=1S/C9H11F3N4O/c1-2-3-4-17-7-5-6(9(10,11)12)14-8(15-7)16-13/h2,5H,1,3-4,13H2,(H,14,15,16). The second kappa shape index (κ2) is 5.48. The quantitative estimate of drug-likeness (QED) is 0.359. The molecule has 0 atom stereocenters. The van der Waals surface area contributed by atoms with E-state index < -0.39 is 11.9 Å². The smallest absolute Gasteiger partial charge is 0.433 e. The highest BCUT2D eigenvalue weighted by molar-refractivity contribution is 5.30. The highest BCUT2D eigenvalue weighted by Gasteiger charge is 2.34. The summed E-state index contributed by atoms with van der Waals surface area (Å²) in [6, 6.07) is 0.712. The van der Waals surface area contributed by atoms with Crippen molar-refractivity contribution in [3.05, 3.63) is 24.4 Å². The average Bonchev–Trinajstić information content (AvgIpc) is 2.28. The molecule has 1 rings (SSSR count). The average molecular weight is 248 g/mol. The molecule has 0 spiro atoms. The Hall–Kier alpha value is -1.83. The number of nitrogen functional groups attached to an aromatic ring is 1. The van der Waals surface area contributed by atoms with Gasteiger partial charge in [-0.2, -0.15) is 18.2 Å². The van der Waals surface area contributed by atoms with E-state index in [1.807, 2.05) is 5.43 Å². The summed E-state index contributed by atoms with van der Waals surface area (Å²) in [6.45, 7) is 3.64. The number of halogens is 3. The summed E-state index contributed by atoms with van der Waals surface area (Å²) in [5.41, 5.74) is 0.831. The molecule has 0 unspecified atom stereocenters. The zero-order valence-electron chi connectivity index (χ0n) is 8.79. The molecular formula is C9H11F3N4O. The van der Waals surface area contributed by atoms with Gasteiger partial charge in [0.25, 0.3) is 0 Å². The van der Waals surface area contributed by atoms with Crippen LogP contribution in [0.4, 0.5) is 19.1 Å². The van der Waals surface area contributed by atoms with Crippen molar-refractivity contribution < 1.29 is 17.9 Å². The third-order valence-corrected chi connectivity index (χ3v) is 1.69. The topological polar surface area (TPSA) is 73.1 Å². The van der Waals surface area contributed by atoms with Crippen LogP contribution in [0.3, 0.4) is 0 Å². The van der Waals surface area contributed by atoms with Crippen molar-refractivity contribution in [2.24, 2.45) is 5.84 Å². The highest BCUT2D eigenvalue weighted by atomic mass is 19.4. The van der Waals surface area contributed by atoms with Gasteiger partial charge in [0.05, 0.1) is 6.61 Å². The van der Waals surface area contributed by atoms with Crippen LogP contribution < -0.4 is 16.0 Å². The molecule has 94 valence electrons. The first kappa shape index (κ1) is 13.2. The molecule has 0 radical (unpaired) electrons.